The van der Waals surface area contributed by atoms with Crippen molar-refractivity contribution in [1.82, 2.24) is 4.90 Å². The minimum absolute atomic E-state index is 0.0671. The maximum absolute atomic E-state index is 13.0. The molecule has 0 fully saturated rings. The van der Waals surface area contributed by atoms with Gasteiger partial charge in [-0.3, -0.25) is 0 Å². The van der Waals surface area contributed by atoms with Crippen molar-refractivity contribution in [3.63, 3.8) is 0 Å². The van der Waals surface area contributed by atoms with Crippen LogP contribution in [-0.4, -0.2) is 51.4 Å². The fourth-order valence-electron chi connectivity index (χ4n) is 4.29. The zero-order chi connectivity index (χ0) is 26.0. The van der Waals surface area contributed by atoms with Crippen LogP contribution in [0.1, 0.15) is 21.5 Å². The van der Waals surface area contributed by atoms with Crippen molar-refractivity contribution in [2.45, 2.75) is 17.9 Å². The second-order valence-corrected chi connectivity index (χ2v) is 10.5. The van der Waals surface area contributed by atoms with Gasteiger partial charge in [0.05, 0.1) is 12.1 Å². The van der Waals surface area contributed by atoms with Gasteiger partial charge < -0.3 is 14.4 Å². The van der Waals surface area contributed by atoms with Crippen LogP contribution in [0.3, 0.4) is 0 Å². The van der Waals surface area contributed by atoms with Gasteiger partial charge in [-0.1, -0.05) is 66.2 Å². The lowest BCUT2D eigenvalue weighted by Crippen LogP contribution is -2.39. The molecule has 0 aromatic heterocycles. The highest BCUT2D eigenvalue weighted by molar-refractivity contribution is 7.90. The third kappa shape index (κ3) is 5.20. The Hall–Kier alpha value is -4.17. The monoisotopic (exact) mass is 514 g/mol. The number of hydrogen-bond acceptors (Lipinski definition) is 6. The first-order chi connectivity index (χ1) is 17.8. The molecule has 4 aromatic carbocycles. The van der Waals surface area contributed by atoms with Gasteiger partial charge in [0.1, 0.15) is 17.3 Å². The quantitative estimate of drug-likeness (QED) is 0.328. The number of esters is 1. The maximum Gasteiger partial charge on any atom is 0.338 e. The Balaban J connectivity index is 1.40. The predicted molar refractivity (Wildman–Crippen MR) is 143 cm³/mol. The van der Waals surface area contributed by atoms with Crippen LogP contribution in [0.15, 0.2) is 100 Å². The molecule has 5 rings (SSSR count). The maximum atomic E-state index is 13.0. The van der Waals surface area contributed by atoms with Crippen LogP contribution in [-0.2, 0) is 14.8 Å². The SMILES string of the molecule is Cc1ccc(C(=O)O[C@H](COc2cccc3ccccc23)CN(C)C2=NS(=O)(=O)c3ccccc32)cc1. The highest BCUT2D eigenvalue weighted by Gasteiger charge is 2.32. The van der Waals surface area contributed by atoms with Crippen molar-refractivity contribution >= 4 is 32.6 Å². The van der Waals surface area contributed by atoms with Crippen LogP contribution in [0.5, 0.6) is 5.75 Å². The summed E-state index contributed by atoms with van der Waals surface area (Å²) in [5.74, 6) is 0.488. The molecule has 0 aliphatic carbocycles. The van der Waals surface area contributed by atoms with Gasteiger partial charge in [0.2, 0.25) is 0 Å². The number of aryl methyl sites for hydroxylation is 1. The number of nitrogens with zero attached hydrogens (tertiary/aromatic N) is 2. The summed E-state index contributed by atoms with van der Waals surface area (Å²) in [7, 11) is -2.05. The third-order valence-corrected chi connectivity index (χ3v) is 7.51. The summed E-state index contributed by atoms with van der Waals surface area (Å²) in [6.45, 7) is 2.18. The average molecular weight is 515 g/mol. The summed E-state index contributed by atoms with van der Waals surface area (Å²) < 4.78 is 41.1. The first-order valence-electron chi connectivity index (χ1n) is 11.9. The van der Waals surface area contributed by atoms with Crippen molar-refractivity contribution in [3.05, 3.63) is 108 Å². The van der Waals surface area contributed by atoms with Crippen molar-refractivity contribution < 1.29 is 22.7 Å². The molecule has 0 saturated carbocycles. The number of fused-ring (bicyclic) bond motifs is 2. The van der Waals surface area contributed by atoms with Gasteiger partial charge in [0.25, 0.3) is 10.0 Å². The Labute approximate surface area is 216 Å². The number of rotatable bonds is 7. The molecule has 0 spiro atoms. The number of sulfonamides is 1. The van der Waals surface area contributed by atoms with E-state index < -0.39 is 22.1 Å². The molecule has 7 nitrogen and oxygen atoms in total. The highest BCUT2D eigenvalue weighted by Crippen LogP contribution is 2.28. The molecule has 1 atom stereocenters. The first kappa shape index (κ1) is 24.5. The summed E-state index contributed by atoms with van der Waals surface area (Å²) in [4.78, 5) is 14.8. The molecule has 37 heavy (non-hydrogen) atoms. The van der Waals surface area contributed by atoms with Gasteiger partial charge in [-0.05, 0) is 42.6 Å². The molecule has 0 saturated heterocycles. The van der Waals surface area contributed by atoms with Crippen LogP contribution in [0.25, 0.3) is 10.8 Å². The number of carbonyl (C=O) groups is 1. The predicted octanol–water partition coefficient (Wildman–Crippen LogP) is 4.83. The first-order valence-corrected chi connectivity index (χ1v) is 13.3. The Morgan fingerprint density at radius 2 is 1.62 bits per heavy atom. The van der Waals surface area contributed by atoms with Crippen LogP contribution < -0.4 is 4.74 Å². The molecule has 1 heterocycles. The molecule has 0 N–H and O–H groups in total. The van der Waals surface area contributed by atoms with Crippen molar-refractivity contribution in [2.75, 3.05) is 20.2 Å². The van der Waals surface area contributed by atoms with E-state index in [0.717, 1.165) is 16.3 Å². The van der Waals surface area contributed by atoms with Crippen LogP contribution in [0, 0.1) is 6.92 Å². The van der Waals surface area contributed by atoms with E-state index in [1.54, 1.807) is 42.3 Å². The lowest BCUT2D eigenvalue weighted by Gasteiger charge is -2.26. The number of hydrogen-bond donors (Lipinski definition) is 0. The lowest BCUT2D eigenvalue weighted by atomic mass is 10.1. The number of likely N-dealkylation sites (N-methyl/N-ethyl adjacent to an activating group) is 1. The van der Waals surface area contributed by atoms with Crippen molar-refractivity contribution in [3.8, 4) is 5.75 Å². The zero-order valence-electron chi connectivity index (χ0n) is 20.5. The average Bonchev–Trinajstić information content (AvgIpc) is 3.18. The van der Waals surface area contributed by atoms with E-state index in [2.05, 4.69) is 4.40 Å². The van der Waals surface area contributed by atoms with Gasteiger partial charge in [-0.2, -0.15) is 8.42 Å². The topological polar surface area (TPSA) is 85.3 Å². The summed E-state index contributed by atoms with van der Waals surface area (Å²) in [5, 5.41) is 1.98. The van der Waals surface area contributed by atoms with Crippen LogP contribution in [0.2, 0.25) is 0 Å². The smallest absolute Gasteiger partial charge is 0.338 e. The van der Waals surface area contributed by atoms with Gasteiger partial charge in [0.15, 0.2) is 11.9 Å². The van der Waals surface area contributed by atoms with E-state index in [-0.39, 0.29) is 18.0 Å². The van der Waals surface area contributed by atoms with Crippen molar-refractivity contribution in [1.29, 1.82) is 0 Å². The molecule has 0 bridgehead atoms. The second-order valence-electron chi connectivity index (χ2n) is 8.95. The summed E-state index contributed by atoms with van der Waals surface area (Å²) in [6, 6.07) is 27.5. The third-order valence-electron chi connectivity index (χ3n) is 6.19. The van der Waals surface area contributed by atoms with E-state index in [1.807, 2.05) is 61.5 Å². The minimum atomic E-state index is -3.78. The molecule has 0 amide bonds. The Bertz CT molecular complexity index is 1590. The van der Waals surface area contributed by atoms with E-state index >= 15 is 0 Å². The Morgan fingerprint density at radius 3 is 2.43 bits per heavy atom. The summed E-state index contributed by atoms with van der Waals surface area (Å²) in [6.07, 6.45) is -0.712. The van der Waals surface area contributed by atoms with Crippen molar-refractivity contribution in [2.24, 2.45) is 4.40 Å². The molecule has 8 heteroatoms. The fourth-order valence-corrected chi connectivity index (χ4v) is 5.54. The summed E-state index contributed by atoms with van der Waals surface area (Å²) in [5.41, 5.74) is 1.98. The summed E-state index contributed by atoms with van der Waals surface area (Å²) >= 11 is 0. The fraction of sp³-hybridized carbons (Fsp3) is 0.172. The molecule has 1 aliphatic rings. The van der Waals surface area contributed by atoms with E-state index in [0.29, 0.717) is 22.7 Å². The molecule has 0 unspecified atom stereocenters. The van der Waals surface area contributed by atoms with E-state index in [1.165, 1.54) is 6.07 Å². The van der Waals surface area contributed by atoms with Gasteiger partial charge in [-0.25, -0.2) is 4.79 Å². The zero-order valence-corrected chi connectivity index (χ0v) is 21.3. The Morgan fingerprint density at radius 1 is 0.919 bits per heavy atom. The number of carbonyl (C=O) groups excluding carboxylic acids is 1. The minimum Gasteiger partial charge on any atom is -0.489 e. The Kier molecular flexibility index (Phi) is 6.67. The standard InChI is InChI=1S/C29H26N2O5S/c1-20-14-16-22(17-15-20)29(32)36-23(19-35-26-12-7-9-21-8-3-4-10-24(21)26)18-31(2)28-25-11-5-6-13-27(25)37(33,34)30-28/h3-17,23H,18-19H2,1-2H3/t23-/m0/s1. The molecular formula is C29H26N2O5S. The number of benzene rings is 4. The van der Waals surface area contributed by atoms with E-state index in [9.17, 15) is 13.2 Å². The van der Waals surface area contributed by atoms with Gasteiger partial charge >= 0.3 is 5.97 Å². The molecule has 4 aromatic rings. The van der Waals surface area contributed by atoms with Gasteiger partial charge in [0, 0.05) is 18.0 Å². The van der Waals surface area contributed by atoms with Crippen LogP contribution >= 0.6 is 0 Å². The normalized spacial score (nSPS) is 14.5. The molecule has 0 radical (unpaired) electrons. The molecular weight excluding hydrogens is 488 g/mol. The number of ether oxygens (including phenoxy) is 2. The van der Waals surface area contributed by atoms with Crippen LogP contribution in [0.4, 0.5) is 0 Å². The van der Waals surface area contributed by atoms with E-state index in [4.69, 9.17) is 9.47 Å². The van der Waals surface area contributed by atoms with Gasteiger partial charge in [-0.15, -0.1) is 4.40 Å². The second kappa shape index (κ2) is 10.1. The lowest BCUT2D eigenvalue weighted by molar-refractivity contribution is 0.0132. The largest absolute Gasteiger partial charge is 0.489 e. The molecule has 188 valence electrons. The highest BCUT2D eigenvalue weighted by atomic mass is 32.2. The number of amidine groups is 1. The molecule has 1 aliphatic heterocycles.